The average Bonchev–Trinajstić information content (AvgIpc) is 3.54. The van der Waals surface area contributed by atoms with Gasteiger partial charge in [0.2, 0.25) is 0 Å². The van der Waals surface area contributed by atoms with Crippen LogP contribution in [0.4, 0.5) is 0 Å². The number of hydrogen-bond donors (Lipinski definition) is 3. The first kappa shape index (κ1) is 27.5. The Bertz CT molecular complexity index is 1540. The van der Waals surface area contributed by atoms with E-state index in [2.05, 4.69) is 10.6 Å². The predicted molar refractivity (Wildman–Crippen MR) is 147 cm³/mol. The number of aliphatic hydroxyl groups is 1. The zero-order valence-corrected chi connectivity index (χ0v) is 23.0. The van der Waals surface area contributed by atoms with Gasteiger partial charge in [-0.3, -0.25) is 14.0 Å². The van der Waals surface area contributed by atoms with E-state index in [1.165, 1.54) is 23.5 Å². The SMILES string of the molecule is CC(C)C[C@H](CO)NC(=O)c1c(-c2ccsc2)nc2c(C(=O)NCc3ccc(S(C)(=O)=O)cc3)cccn12. The Balaban J connectivity index is 1.65. The molecule has 0 unspecified atom stereocenters. The van der Waals surface area contributed by atoms with E-state index in [0.29, 0.717) is 17.8 Å². The van der Waals surface area contributed by atoms with Gasteiger partial charge in [0.1, 0.15) is 11.4 Å². The van der Waals surface area contributed by atoms with Gasteiger partial charge in [-0.05, 0) is 53.6 Å². The standard InChI is InChI=1S/C27H30N4O5S2/c1-17(2)13-20(15-32)29-27(34)24-23(19-10-12-37-16-19)30-25-22(5-4-11-31(24)25)26(33)28-14-18-6-8-21(9-7-18)38(3,35)36/h4-12,16-17,20,32H,13-15H2,1-3H3,(H,28,33)(H,29,34)/t20-/m1/s1. The minimum Gasteiger partial charge on any atom is -0.394 e. The van der Waals surface area contributed by atoms with Crippen LogP contribution in [0.2, 0.25) is 0 Å². The van der Waals surface area contributed by atoms with E-state index < -0.39 is 15.9 Å². The van der Waals surface area contributed by atoms with Crippen LogP contribution >= 0.6 is 11.3 Å². The van der Waals surface area contributed by atoms with Crippen LogP contribution in [-0.2, 0) is 16.4 Å². The molecular formula is C27H30N4O5S2. The van der Waals surface area contributed by atoms with Crippen LogP contribution < -0.4 is 10.6 Å². The van der Waals surface area contributed by atoms with Gasteiger partial charge in [-0.25, -0.2) is 13.4 Å². The third-order valence-electron chi connectivity index (χ3n) is 6.02. The highest BCUT2D eigenvalue weighted by Gasteiger charge is 2.25. The summed E-state index contributed by atoms with van der Waals surface area (Å²) in [4.78, 5) is 31.6. The Labute approximate surface area is 225 Å². The van der Waals surface area contributed by atoms with Gasteiger partial charge < -0.3 is 15.7 Å². The van der Waals surface area contributed by atoms with Crippen LogP contribution in [0.1, 0.15) is 46.7 Å². The normalized spacial score (nSPS) is 12.6. The van der Waals surface area contributed by atoms with Gasteiger partial charge in [-0.1, -0.05) is 26.0 Å². The fourth-order valence-electron chi connectivity index (χ4n) is 4.20. The molecule has 0 saturated carbocycles. The van der Waals surface area contributed by atoms with E-state index in [1.807, 2.05) is 30.7 Å². The second-order valence-corrected chi connectivity index (χ2v) is 12.3. The molecule has 0 aliphatic carbocycles. The molecular weight excluding hydrogens is 524 g/mol. The number of thiophene rings is 1. The number of aliphatic hydroxyl groups excluding tert-OH is 1. The zero-order valence-electron chi connectivity index (χ0n) is 21.3. The van der Waals surface area contributed by atoms with Crippen LogP contribution in [-0.4, -0.2) is 53.6 Å². The third-order valence-corrected chi connectivity index (χ3v) is 7.83. The van der Waals surface area contributed by atoms with Gasteiger partial charge in [0, 0.05) is 29.9 Å². The smallest absolute Gasteiger partial charge is 0.270 e. The first-order chi connectivity index (χ1) is 18.1. The van der Waals surface area contributed by atoms with E-state index in [1.54, 1.807) is 34.9 Å². The second-order valence-electron chi connectivity index (χ2n) is 9.52. The Morgan fingerprint density at radius 3 is 2.45 bits per heavy atom. The van der Waals surface area contributed by atoms with Crippen molar-refractivity contribution in [3.63, 3.8) is 0 Å². The highest BCUT2D eigenvalue weighted by Crippen LogP contribution is 2.28. The Morgan fingerprint density at radius 1 is 1.11 bits per heavy atom. The molecule has 3 heterocycles. The number of rotatable bonds is 10. The van der Waals surface area contributed by atoms with Gasteiger partial charge in [0.25, 0.3) is 11.8 Å². The molecule has 0 spiro atoms. The molecule has 9 nitrogen and oxygen atoms in total. The second kappa shape index (κ2) is 11.5. The molecule has 0 aliphatic heterocycles. The van der Waals surface area contributed by atoms with Crippen molar-refractivity contribution in [1.29, 1.82) is 0 Å². The zero-order chi connectivity index (χ0) is 27.4. The molecule has 3 aromatic heterocycles. The Morgan fingerprint density at radius 2 is 1.84 bits per heavy atom. The van der Waals surface area contributed by atoms with Crippen LogP contribution in [0, 0.1) is 5.92 Å². The van der Waals surface area contributed by atoms with Crippen LogP contribution in [0.25, 0.3) is 16.9 Å². The molecule has 1 atom stereocenters. The molecule has 0 fully saturated rings. The fraction of sp³-hybridized carbons (Fsp3) is 0.296. The number of aromatic nitrogens is 2. The maximum atomic E-state index is 13.5. The maximum Gasteiger partial charge on any atom is 0.270 e. The summed E-state index contributed by atoms with van der Waals surface area (Å²) in [6, 6.07) is 11.1. The summed E-state index contributed by atoms with van der Waals surface area (Å²) >= 11 is 1.47. The summed E-state index contributed by atoms with van der Waals surface area (Å²) in [6.45, 7) is 4.03. The van der Waals surface area contributed by atoms with Crippen molar-refractivity contribution in [3.8, 4) is 11.3 Å². The number of pyridine rings is 1. The summed E-state index contributed by atoms with van der Waals surface area (Å²) in [5.74, 6) is -0.490. The Hall–Kier alpha value is -3.54. The molecule has 11 heteroatoms. The van der Waals surface area contributed by atoms with E-state index >= 15 is 0 Å². The van der Waals surface area contributed by atoms with Gasteiger partial charge in [0.15, 0.2) is 15.5 Å². The number of imidazole rings is 1. The number of amides is 2. The topological polar surface area (TPSA) is 130 Å². The number of benzene rings is 1. The van der Waals surface area contributed by atoms with E-state index in [-0.39, 0.29) is 47.0 Å². The highest BCUT2D eigenvalue weighted by atomic mass is 32.2. The molecule has 0 saturated heterocycles. The Kier molecular flexibility index (Phi) is 8.29. The molecule has 1 aromatic carbocycles. The van der Waals surface area contributed by atoms with Crippen molar-refractivity contribution in [3.05, 3.63) is 76.2 Å². The molecule has 2 amide bonds. The lowest BCUT2D eigenvalue weighted by Crippen LogP contribution is -2.39. The van der Waals surface area contributed by atoms with E-state index in [4.69, 9.17) is 4.98 Å². The van der Waals surface area contributed by atoms with Gasteiger partial charge >= 0.3 is 0 Å². The molecule has 200 valence electrons. The molecule has 4 aromatic rings. The van der Waals surface area contributed by atoms with Crippen molar-refractivity contribution in [2.75, 3.05) is 12.9 Å². The first-order valence-corrected chi connectivity index (χ1v) is 14.9. The fourth-order valence-corrected chi connectivity index (χ4v) is 5.47. The maximum absolute atomic E-state index is 13.5. The molecule has 0 bridgehead atoms. The number of sulfone groups is 1. The molecule has 0 aliphatic rings. The van der Waals surface area contributed by atoms with Crippen LogP contribution in [0.5, 0.6) is 0 Å². The van der Waals surface area contributed by atoms with Crippen LogP contribution in [0.15, 0.2) is 64.3 Å². The van der Waals surface area contributed by atoms with Crippen molar-refractivity contribution < 1.29 is 23.1 Å². The summed E-state index contributed by atoms with van der Waals surface area (Å²) in [7, 11) is -3.31. The van der Waals surface area contributed by atoms with Crippen LogP contribution in [0.3, 0.4) is 0 Å². The number of nitrogens with zero attached hydrogens (tertiary/aromatic N) is 2. The largest absolute Gasteiger partial charge is 0.394 e. The number of nitrogens with one attached hydrogen (secondary N) is 2. The summed E-state index contributed by atoms with van der Waals surface area (Å²) in [5, 5.41) is 19.3. The van der Waals surface area contributed by atoms with E-state index in [0.717, 1.165) is 17.4 Å². The summed E-state index contributed by atoms with van der Waals surface area (Å²) in [6.07, 6.45) is 3.44. The molecule has 4 rings (SSSR count). The van der Waals surface area contributed by atoms with Gasteiger partial charge in [-0.15, -0.1) is 0 Å². The minimum absolute atomic E-state index is 0.183. The number of hydrogen-bond acceptors (Lipinski definition) is 7. The average molecular weight is 555 g/mol. The van der Waals surface area contributed by atoms with Gasteiger partial charge in [-0.2, -0.15) is 11.3 Å². The summed E-state index contributed by atoms with van der Waals surface area (Å²) < 4.78 is 25.0. The number of carbonyl (C=O) groups is 2. The minimum atomic E-state index is -3.31. The van der Waals surface area contributed by atoms with Crippen molar-refractivity contribution in [1.82, 2.24) is 20.0 Å². The van der Waals surface area contributed by atoms with Crippen molar-refractivity contribution >= 4 is 38.6 Å². The quantitative estimate of drug-likeness (QED) is 0.275. The monoisotopic (exact) mass is 554 g/mol. The predicted octanol–water partition coefficient (Wildman–Crippen LogP) is 3.53. The molecule has 0 radical (unpaired) electrons. The lowest BCUT2D eigenvalue weighted by atomic mass is 10.0. The highest BCUT2D eigenvalue weighted by molar-refractivity contribution is 7.90. The lowest BCUT2D eigenvalue weighted by Gasteiger charge is -2.18. The van der Waals surface area contributed by atoms with E-state index in [9.17, 15) is 23.1 Å². The molecule has 3 N–H and O–H groups in total. The first-order valence-electron chi connectivity index (χ1n) is 12.1. The third kappa shape index (κ3) is 6.12. The summed E-state index contributed by atoms with van der Waals surface area (Å²) in [5.41, 5.74) is 2.84. The molecule has 38 heavy (non-hydrogen) atoms. The van der Waals surface area contributed by atoms with Crippen molar-refractivity contribution in [2.24, 2.45) is 5.92 Å². The number of carbonyl (C=O) groups excluding carboxylic acids is 2. The van der Waals surface area contributed by atoms with Crippen molar-refractivity contribution in [2.45, 2.75) is 37.8 Å². The van der Waals surface area contributed by atoms with Gasteiger partial charge in [0.05, 0.1) is 23.1 Å². The number of fused-ring (bicyclic) bond motifs is 1. The lowest BCUT2D eigenvalue weighted by molar-refractivity contribution is 0.0901.